The fraction of sp³-hybridized carbons (Fsp3) is 0.486. The van der Waals surface area contributed by atoms with Crippen LogP contribution in [0.3, 0.4) is 0 Å². The van der Waals surface area contributed by atoms with E-state index < -0.39 is 15.3 Å². The second kappa shape index (κ2) is 13.3. The first kappa shape index (κ1) is 31.6. The molecular formula is C37H43N5O4S. The number of carbonyl (C=O) groups excluding carboxylic acids is 1. The number of hydrogen-bond acceptors (Lipinski definition) is 8. The van der Waals surface area contributed by atoms with E-state index in [0.29, 0.717) is 5.92 Å². The zero-order valence-electron chi connectivity index (χ0n) is 26.8. The lowest BCUT2D eigenvalue weighted by Crippen LogP contribution is -2.54. The molecule has 7 rings (SSSR count). The highest BCUT2D eigenvalue weighted by Gasteiger charge is 2.53. The van der Waals surface area contributed by atoms with Gasteiger partial charge in [0.05, 0.1) is 21.3 Å². The van der Waals surface area contributed by atoms with E-state index in [2.05, 4.69) is 33.0 Å². The van der Waals surface area contributed by atoms with Gasteiger partial charge in [-0.2, -0.15) is 5.26 Å². The van der Waals surface area contributed by atoms with E-state index in [9.17, 15) is 18.5 Å². The van der Waals surface area contributed by atoms with Crippen LogP contribution in [0.1, 0.15) is 44.1 Å². The number of nitriles is 1. The maximum absolute atomic E-state index is 12.9. The van der Waals surface area contributed by atoms with Crippen LogP contribution in [0.15, 0.2) is 88.9 Å². The summed E-state index contributed by atoms with van der Waals surface area (Å²) in [6.45, 7) is 6.32. The summed E-state index contributed by atoms with van der Waals surface area (Å²) in [5.41, 5.74) is 1.41. The number of likely N-dealkylation sites (tertiary alicyclic amines) is 2. The molecule has 3 aliphatic heterocycles. The topological polar surface area (TPSA) is 107 Å². The first-order valence-corrected chi connectivity index (χ1v) is 18.5. The molecule has 0 spiro atoms. The Balaban J connectivity index is 0.968. The van der Waals surface area contributed by atoms with Gasteiger partial charge in [0.15, 0.2) is 0 Å². The quantitative estimate of drug-likeness (QED) is 0.297. The molecule has 4 aliphatic rings. The molecule has 3 saturated heterocycles. The average molecular weight is 654 g/mol. The van der Waals surface area contributed by atoms with Crippen LogP contribution < -0.4 is 4.90 Å². The van der Waals surface area contributed by atoms with Gasteiger partial charge in [0.25, 0.3) is 0 Å². The number of nitrogens with zero attached hydrogens (tertiary/aromatic N) is 5. The van der Waals surface area contributed by atoms with Gasteiger partial charge in [-0.3, -0.25) is 4.98 Å². The predicted octanol–water partition coefficient (Wildman–Crippen LogP) is 5.54. The number of piperidine rings is 1. The first-order chi connectivity index (χ1) is 22.9. The number of aromatic nitrogens is 1. The molecule has 1 amide bonds. The number of carbonyl (C=O) groups is 1. The Kier molecular flexibility index (Phi) is 8.95. The molecule has 1 aromatic heterocycles. The highest BCUT2D eigenvalue weighted by atomic mass is 32.2. The third-order valence-corrected chi connectivity index (χ3v) is 12.8. The summed E-state index contributed by atoms with van der Waals surface area (Å²) in [6.07, 6.45) is 8.13. The predicted molar refractivity (Wildman–Crippen MR) is 179 cm³/mol. The van der Waals surface area contributed by atoms with Gasteiger partial charge >= 0.3 is 6.09 Å². The van der Waals surface area contributed by atoms with Gasteiger partial charge in [0.2, 0.25) is 9.84 Å². The summed E-state index contributed by atoms with van der Waals surface area (Å²) in [5.74, 6) is 0.726. The number of pyridine rings is 1. The summed E-state index contributed by atoms with van der Waals surface area (Å²) in [7, 11) is -3.56. The lowest BCUT2D eigenvalue weighted by Gasteiger charge is -2.48. The summed E-state index contributed by atoms with van der Waals surface area (Å²) >= 11 is 0. The number of hydrogen-bond donors (Lipinski definition) is 0. The van der Waals surface area contributed by atoms with E-state index in [-0.39, 0.29) is 33.8 Å². The minimum atomic E-state index is -3.56. The first-order valence-electron chi connectivity index (χ1n) is 17.0. The molecule has 4 heterocycles. The standard InChI is InChI=1S/C37H43N5O4S/c38-27-37(29-6-2-1-3-7-29,34-8-4-9-35(34)46-36(43)41-20-5-21-41)30-16-22-40(23-17-30)24-28-25-42(26-28)31-10-12-32(13-11-31)47(44,45)33-14-18-39-19-15-33/h1-3,6-7,10-15,18-19,28,30,34-35H,4-5,8-9,16-17,20-26H2/t34-,35-,37?/m0/s1. The zero-order valence-corrected chi connectivity index (χ0v) is 27.6. The van der Waals surface area contributed by atoms with Crippen molar-refractivity contribution in [2.75, 3.05) is 50.7 Å². The van der Waals surface area contributed by atoms with E-state index in [1.54, 1.807) is 17.0 Å². The minimum Gasteiger partial charge on any atom is -0.446 e. The lowest BCUT2D eigenvalue weighted by atomic mass is 9.59. The molecule has 9 nitrogen and oxygen atoms in total. The van der Waals surface area contributed by atoms with Crippen molar-refractivity contribution < 1.29 is 17.9 Å². The lowest BCUT2D eigenvalue weighted by molar-refractivity contribution is 0.00520. The van der Waals surface area contributed by atoms with Crippen molar-refractivity contribution in [3.63, 3.8) is 0 Å². The van der Waals surface area contributed by atoms with Crippen molar-refractivity contribution in [2.45, 2.75) is 59.8 Å². The Morgan fingerprint density at radius 2 is 1.55 bits per heavy atom. The van der Waals surface area contributed by atoms with Crippen molar-refractivity contribution >= 4 is 21.6 Å². The van der Waals surface area contributed by atoms with E-state index >= 15 is 0 Å². The van der Waals surface area contributed by atoms with Crippen molar-refractivity contribution in [3.8, 4) is 6.07 Å². The van der Waals surface area contributed by atoms with E-state index in [0.717, 1.165) is 95.6 Å². The van der Waals surface area contributed by atoms with Crippen molar-refractivity contribution in [1.29, 1.82) is 5.26 Å². The molecule has 3 atom stereocenters. The van der Waals surface area contributed by atoms with E-state index in [1.807, 2.05) is 30.3 Å². The Hall–Kier alpha value is -3.94. The molecule has 0 radical (unpaired) electrons. The smallest absolute Gasteiger partial charge is 0.410 e. The monoisotopic (exact) mass is 653 g/mol. The molecule has 1 aliphatic carbocycles. The molecule has 2 aromatic carbocycles. The van der Waals surface area contributed by atoms with E-state index in [4.69, 9.17) is 4.74 Å². The summed E-state index contributed by atoms with van der Waals surface area (Å²) in [4.78, 5) is 23.9. The van der Waals surface area contributed by atoms with Gasteiger partial charge in [0, 0.05) is 62.6 Å². The molecule has 0 N–H and O–H groups in total. The van der Waals surface area contributed by atoms with Crippen molar-refractivity contribution in [1.82, 2.24) is 14.8 Å². The summed E-state index contributed by atoms with van der Waals surface area (Å²) in [5, 5.41) is 11.0. The van der Waals surface area contributed by atoms with Crippen molar-refractivity contribution in [3.05, 3.63) is 84.7 Å². The van der Waals surface area contributed by atoms with Crippen LogP contribution in [0.5, 0.6) is 0 Å². The fourth-order valence-corrected chi connectivity index (χ4v) is 9.56. The Morgan fingerprint density at radius 1 is 0.872 bits per heavy atom. The molecular weight excluding hydrogens is 611 g/mol. The molecule has 3 aromatic rings. The van der Waals surface area contributed by atoms with Gasteiger partial charge < -0.3 is 19.4 Å². The van der Waals surface area contributed by atoms with Gasteiger partial charge in [0.1, 0.15) is 6.10 Å². The molecule has 0 bridgehead atoms. The molecule has 4 fully saturated rings. The third-order valence-electron chi connectivity index (χ3n) is 11.0. The van der Waals surface area contributed by atoms with Crippen LogP contribution >= 0.6 is 0 Å². The normalized spacial score (nSPS) is 23.7. The Morgan fingerprint density at radius 3 is 2.19 bits per heavy atom. The highest BCUT2D eigenvalue weighted by Crippen LogP contribution is 2.51. The molecule has 246 valence electrons. The van der Waals surface area contributed by atoms with Crippen LogP contribution in [-0.2, 0) is 20.0 Å². The average Bonchev–Trinajstić information content (AvgIpc) is 3.52. The van der Waals surface area contributed by atoms with Crippen LogP contribution in [0.4, 0.5) is 10.5 Å². The van der Waals surface area contributed by atoms with Crippen molar-refractivity contribution in [2.24, 2.45) is 17.8 Å². The number of rotatable bonds is 9. The van der Waals surface area contributed by atoms with Gasteiger partial charge in [-0.05, 0) is 99.5 Å². The third kappa shape index (κ3) is 6.12. The highest BCUT2D eigenvalue weighted by molar-refractivity contribution is 7.91. The van der Waals surface area contributed by atoms with Crippen LogP contribution in [0, 0.1) is 29.1 Å². The Bertz CT molecular complexity index is 1680. The van der Waals surface area contributed by atoms with Crippen LogP contribution in [0.2, 0.25) is 0 Å². The molecule has 1 unspecified atom stereocenters. The minimum absolute atomic E-state index is 0.0112. The van der Waals surface area contributed by atoms with Gasteiger partial charge in [-0.1, -0.05) is 30.3 Å². The number of benzene rings is 2. The number of ether oxygens (including phenoxy) is 1. The number of sulfone groups is 1. The molecule has 1 saturated carbocycles. The fourth-order valence-electron chi connectivity index (χ4n) is 8.32. The van der Waals surface area contributed by atoms with Crippen LogP contribution in [0.25, 0.3) is 0 Å². The Labute approximate surface area is 278 Å². The maximum atomic E-state index is 12.9. The molecule has 47 heavy (non-hydrogen) atoms. The van der Waals surface area contributed by atoms with Gasteiger partial charge in [-0.25, -0.2) is 13.2 Å². The van der Waals surface area contributed by atoms with Gasteiger partial charge in [-0.15, -0.1) is 0 Å². The zero-order chi connectivity index (χ0) is 32.4. The summed E-state index contributed by atoms with van der Waals surface area (Å²) < 4.78 is 32.0. The largest absolute Gasteiger partial charge is 0.446 e. The SMILES string of the molecule is N#CC(c1ccccc1)(C1CCN(CC2CN(c3ccc(S(=O)(=O)c4ccncc4)cc3)C2)CC1)[C@H]1CCC[C@@H]1OC(=O)N1CCC1. The maximum Gasteiger partial charge on any atom is 0.410 e. The van der Waals surface area contributed by atoms with E-state index in [1.165, 1.54) is 24.5 Å². The van der Waals surface area contributed by atoms with Crippen LogP contribution in [-0.4, -0.2) is 81.2 Å². The summed E-state index contributed by atoms with van der Waals surface area (Å²) in [6, 6.07) is 23.4. The molecule has 10 heteroatoms. The second-order valence-electron chi connectivity index (χ2n) is 13.7. The number of anilines is 1. The second-order valence-corrected chi connectivity index (χ2v) is 15.6. The number of amides is 1.